The van der Waals surface area contributed by atoms with Gasteiger partial charge in [0.25, 0.3) is 0 Å². The molecular weight excluding hydrogens is 256 g/mol. The highest BCUT2D eigenvalue weighted by Gasteiger charge is 2.09. The average Bonchev–Trinajstić information content (AvgIpc) is 2.47. The van der Waals surface area contributed by atoms with E-state index in [1.54, 1.807) is 0 Å². The van der Waals surface area contributed by atoms with Gasteiger partial charge in [-0.25, -0.2) is 0 Å². The summed E-state index contributed by atoms with van der Waals surface area (Å²) >= 11 is 0. The summed E-state index contributed by atoms with van der Waals surface area (Å²) in [4.78, 5) is 0.196. The molecule has 6 heteroatoms. The van der Waals surface area contributed by atoms with Crippen LogP contribution >= 0.6 is 0 Å². The van der Waals surface area contributed by atoms with E-state index in [0.29, 0.717) is 13.1 Å². The van der Waals surface area contributed by atoms with Gasteiger partial charge in [0.1, 0.15) is 0 Å². The highest BCUT2D eigenvalue weighted by molar-refractivity contribution is 4.52. The lowest BCUT2D eigenvalue weighted by Gasteiger charge is -2.19. The molecule has 120 valence electrons. The first-order valence-corrected chi connectivity index (χ1v) is 8.02. The Morgan fingerprint density at radius 3 is 2.15 bits per heavy atom. The molecule has 0 aromatic heterocycles. The molecule has 0 aliphatic carbocycles. The maximum atomic E-state index is 11.2. The fraction of sp³-hybridized carbons (Fsp3) is 1.00. The van der Waals surface area contributed by atoms with Gasteiger partial charge >= 0.3 is 0 Å². The second kappa shape index (κ2) is 14.4. The molecule has 0 fully saturated rings. The predicted octanol–water partition coefficient (Wildman–Crippen LogP) is 3.41. The minimum absolute atomic E-state index is 0.196. The highest BCUT2D eigenvalue weighted by Crippen LogP contribution is 2.04. The number of nitrogens with one attached hydrogen (secondary N) is 1. The van der Waals surface area contributed by atoms with Crippen molar-refractivity contribution in [2.75, 3.05) is 26.2 Å². The maximum Gasteiger partial charge on any atom is 0.0767 e. The summed E-state index contributed by atoms with van der Waals surface area (Å²) in [5.41, 5.74) is 0. The van der Waals surface area contributed by atoms with Gasteiger partial charge in [-0.15, -0.1) is 5.01 Å². The molecule has 0 amide bonds. The summed E-state index contributed by atoms with van der Waals surface area (Å²) in [6.45, 7) is 7.68. The van der Waals surface area contributed by atoms with Crippen LogP contribution in [0.3, 0.4) is 0 Å². The molecular formula is C14H31N4O2-. The Morgan fingerprint density at radius 2 is 1.50 bits per heavy atom. The zero-order valence-electron chi connectivity index (χ0n) is 13.1. The van der Waals surface area contributed by atoms with Crippen molar-refractivity contribution in [3.8, 4) is 0 Å². The summed E-state index contributed by atoms with van der Waals surface area (Å²) in [5.74, 6) is 0. The normalized spacial score (nSPS) is 11.8. The zero-order chi connectivity index (χ0) is 15.1. The molecule has 0 aliphatic heterocycles. The van der Waals surface area contributed by atoms with Crippen molar-refractivity contribution in [1.29, 1.82) is 0 Å². The van der Waals surface area contributed by atoms with Crippen LogP contribution in [0.25, 0.3) is 0 Å². The molecule has 0 atom stereocenters. The van der Waals surface area contributed by atoms with Gasteiger partial charge in [0.15, 0.2) is 0 Å². The van der Waals surface area contributed by atoms with Gasteiger partial charge < -0.3 is 15.7 Å². The minimum Gasteiger partial charge on any atom is -0.737 e. The molecule has 0 heterocycles. The Kier molecular flexibility index (Phi) is 13.6. The van der Waals surface area contributed by atoms with Gasteiger partial charge in [-0.1, -0.05) is 39.5 Å². The number of hydrogen-bond acceptors (Lipinski definition) is 4. The zero-order valence-corrected chi connectivity index (χ0v) is 13.1. The van der Waals surface area contributed by atoms with Crippen molar-refractivity contribution in [2.45, 2.75) is 65.2 Å². The van der Waals surface area contributed by atoms with E-state index >= 15 is 0 Å². The van der Waals surface area contributed by atoms with Crippen molar-refractivity contribution < 1.29 is 4.97 Å². The maximum absolute atomic E-state index is 11.2. The Hall–Kier alpha value is -1.04. The fourth-order valence-corrected chi connectivity index (χ4v) is 2.00. The quantitative estimate of drug-likeness (QED) is 0.230. The number of hydrazine groups is 1. The molecule has 0 aliphatic rings. The van der Waals surface area contributed by atoms with Crippen molar-refractivity contribution >= 4 is 0 Å². The molecule has 6 nitrogen and oxygen atoms in total. The second-order valence-corrected chi connectivity index (χ2v) is 5.16. The summed E-state index contributed by atoms with van der Waals surface area (Å²) in [7, 11) is 0. The summed E-state index contributed by atoms with van der Waals surface area (Å²) < 4.78 is 0. The number of nitrogens with zero attached hydrogens (tertiary/aromatic N) is 3. The molecule has 1 N–H and O–H groups in total. The largest absolute Gasteiger partial charge is 0.737 e. The molecule has 0 saturated heterocycles. The lowest BCUT2D eigenvalue weighted by atomic mass is 10.2. The van der Waals surface area contributed by atoms with E-state index in [1.165, 1.54) is 24.3 Å². The molecule has 0 saturated carbocycles. The van der Waals surface area contributed by atoms with Gasteiger partial charge in [-0.3, -0.25) is 0 Å². The van der Waals surface area contributed by atoms with E-state index in [0.717, 1.165) is 45.2 Å². The summed E-state index contributed by atoms with van der Waals surface area (Å²) in [6.07, 6.45) is 8.75. The highest BCUT2D eigenvalue weighted by atomic mass is 16.6. The van der Waals surface area contributed by atoms with Gasteiger partial charge in [0.05, 0.1) is 13.1 Å². The third kappa shape index (κ3) is 10.8. The smallest absolute Gasteiger partial charge is 0.0767 e. The molecule has 0 aromatic carbocycles. The van der Waals surface area contributed by atoms with Crippen LogP contribution in [0.4, 0.5) is 0 Å². The average molecular weight is 287 g/mol. The minimum atomic E-state index is 0.196. The van der Waals surface area contributed by atoms with Crippen LogP contribution in [-0.4, -0.2) is 36.2 Å². The monoisotopic (exact) mass is 287 g/mol. The molecule has 0 bridgehead atoms. The fourth-order valence-electron chi connectivity index (χ4n) is 2.00. The Morgan fingerprint density at radius 1 is 0.900 bits per heavy atom. The molecule has 0 spiro atoms. The lowest BCUT2D eigenvalue weighted by Crippen LogP contribution is -2.32. The van der Waals surface area contributed by atoms with E-state index in [2.05, 4.69) is 24.4 Å². The van der Waals surface area contributed by atoms with Crippen LogP contribution in [0, 0.1) is 10.4 Å². The SMILES string of the molecule is CCCCNCCCCCCN(CCCC)/[N+]([O-])=N/[O-]. The number of hydrogen-bond donors (Lipinski definition) is 1. The van der Waals surface area contributed by atoms with Crippen molar-refractivity contribution in [1.82, 2.24) is 10.3 Å². The van der Waals surface area contributed by atoms with E-state index in [1.807, 2.05) is 0 Å². The second-order valence-electron chi connectivity index (χ2n) is 5.16. The third-order valence-corrected chi connectivity index (χ3v) is 3.31. The Balaban J connectivity index is 3.53. The van der Waals surface area contributed by atoms with Crippen LogP contribution < -0.4 is 5.32 Å². The summed E-state index contributed by atoms with van der Waals surface area (Å²) in [6, 6.07) is 0. The first-order chi connectivity index (χ1) is 9.76. The third-order valence-electron chi connectivity index (χ3n) is 3.31. The van der Waals surface area contributed by atoms with Crippen LogP contribution in [0.2, 0.25) is 0 Å². The number of rotatable bonds is 14. The molecule has 0 aromatic rings. The predicted molar refractivity (Wildman–Crippen MR) is 82.1 cm³/mol. The Labute approximate surface area is 123 Å². The first kappa shape index (κ1) is 19.0. The van der Waals surface area contributed by atoms with Gasteiger partial charge in [-0.05, 0) is 44.1 Å². The molecule has 0 unspecified atom stereocenters. The molecule has 20 heavy (non-hydrogen) atoms. The van der Waals surface area contributed by atoms with Crippen LogP contribution in [0.5, 0.6) is 0 Å². The van der Waals surface area contributed by atoms with Gasteiger partial charge in [-0.2, -0.15) is 0 Å². The van der Waals surface area contributed by atoms with Crippen LogP contribution in [0.15, 0.2) is 5.28 Å². The molecule has 0 rings (SSSR count). The van der Waals surface area contributed by atoms with Crippen LogP contribution in [0.1, 0.15) is 65.2 Å². The topological polar surface area (TPSA) is 76.8 Å². The van der Waals surface area contributed by atoms with Gasteiger partial charge in [0.2, 0.25) is 0 Å². The van der Waals surface area contributed by atoms with E-state index in [9.17, 15) is 10.4 Å². The Bertz CT molecular complexity index is 237. The van der Waals surface area contributed by atoms with Crippen molar-refractivity contribution in [3.63, 3.8) is 0 Å². The number of unbranched alkanes of at least 4 members (excludes halogenated alkanes) is 5. The van der Waals surface area contributed by atoms with E-state index < -0.39 is 0 Å². The standard InChI is InChI=1S/C14H32N4O2/c1-3-5-11-15-12-9-7-8-10-14-17(13-6-4-2)18(20)16-19/h15,19H,3-14H2,1-2H3/p-1/b18-16-. The lowest BCUT2D eigenvalue weighted by molar-refractivity contribution is -0.690. The van der Waals surface area contributed by atoms with E-state index in [4.69, 9.17) is 0 Å². The summed E-state index contributed by atoms with van der Waals surface area (Å²) in [5, 5.41) is 28.9. The van der Waals surface area contributed by atoms with E-state index in [-0.39, 0.29) is 4.97 Å². The first-order valence-electron chi connectivity index (χ1n) is 8.02. The van der Waals surface area contributed by atoms with Crippen molar-refractivity contribution in [2.24, 2.45) is 5.28 Å². The van der Waals surface area contributed by atoms with Crippen LogP contribution in [-0.2, 0) is 0 Å². The van der Waals surface area contributed by atoms with Gasteiger partial charge in [0, 0.05) is 4.97 Å². The van der Waals surface area contributed by atoms with Crippen molar-refractivity contribution in [3.05, 3.63) is 10.4 Å². The molecule has 0 radical (unpaired) electrons.